The first-order chi connectivity index (χ1) is 15.6. The highest BCUT2D eigenvalue weighted by Gasteiger charge is 2.34. The smallest absolute Gasteiger partial charge is 0.165 e. The summed E-state index contributed by atoms with van der Waals surface area (Å²) in [5, 5.41) is 4.16. The molecule has 32 heavy (non-hydrogen) atoms. The van der Waals surface area contributed by atoms with Crippen LogP contribution in [0, 0.1) is 0 Å². The highest BCUT2D eigenvalue weighted by atomic mass is 32.1. The Bertz CT molecular complexity index is 1420. The number of nitrogen functional groups attached to an aromatic ring is 1. The van der Waals surface area contributed by atoms with Gasteiger partial charge in [-0.1, -0.05) is 12.1 Å². The number of nitrogens with zero attached hydrogens (tertiary/aromatic N) is 4. The number of nitrogens with two attached hydrogens (primary N) is 2. The van der Waals surface area contributed by atoms with Gasteiger partial charge in [0, 0.05) is 28.4 Å². The van der Waals surface area contributed by atoms with E-state index >= 15 is 0 Å². The Kier molecular flexibility index (Phi) is 4.34. The van der Waals surface area contributed by atoms with Crippen molar-refractivity contribution in [3.63, 3.8) is 0 Å². The standard InChI is InChI=1S/C25H22N6S/c26-22-19(3-1-13-28-22)23-30-21-9-8-20(16-10-14-32-15-16)29-24(21)31(23)18-6-4-17(5-7-18)25(27)11-2-12-25/h1,3-10,13-15H,2,11-12,27H2,(H2,26,28). The summed E-state index contributed by atoms with van der Waals surface area (Å²) in [6, 6.07) is 18.4. The van der Waals surface area contributed by atoms with Crippen LogP contribution in [0.3, 0.4) is 0 Å². The molecule has 1 saturated carbocycles. The van der Waals surface area contributed by atoms with Crippen molar-refractivity contribution in [2.24, 2.45) is 5.73 Å². The average Bonchev–Trinajstić information content (AvgIpc) is 3.46. The van der Waals surface area contributed by atoms with E-state index in [2.05, 4.69) is 50.6 Å². The second-order valence-corrected chi connectivity index (χ2v) is 9.09. The third kappa shape index (κ3) is 3.01. The lowest BCUT2D eigenvalue weighted by Crippen LogP contribution is -2.43. The van der Waals surface area contributed by atoms with Crippen molar-refractivity contribution in [1.82, 2.24) is 19.5 Å². The highest BCUT2D eigenvalue weighted by Crippen LogP contribution is 2.39. The molecule has 1 aliphatic carbocycles. The van der Waals surface area contributed by atoms with Crippen molar-refractivity contribution in [3.05, 3.63) is 77.1 Å². The summed E-state index contributed by atoms with van der Waals surface area (Å²) in [6.07, 6.45) is 4.93. The van der Waals surface area contributed by atoms with E-state index in [4.69, 9.17) is 21.4 Å². The van der Waals surface area contributed by atoms with Crippen LogP contribution >= 0.6 is 11.3 Å². The SMILES string of the molecule is Nc1ncccc1-c1nc2ccc(-c3ccsc3)nc2n1-c1ccc(C2(N)CCC2)cc1. The summed E-state index contributed by atoms with van der Waals surface area (Å²) >= 11 is 1.66. The molecule has 1 aromatic carbocycles. The lowest BCUT2D eigenvalue weighted by molar-refractivity contribution is 0.253. The van der Waals surface area contributed by atoms with E-state index in [-0.39, 0.29) is 5.54 Å². The molecule has 4 aromatic heterocycles. The van der Waals surface area contributed by atoms with E-state index in [0.717, 1.165) is 52.3 Å². The van der Waals surface area contributed by atoms with E-state index in [9.17, 15) is 0 Å². The summed E-state index contributed by atoms with van der Waals surface area (Å²) < 4.78 is 2.06. The largest absolute Gasteiger partial charge is 0.383 e. The Balaban J connectivity index is 1.57. The fraction of sp³-hybridized carbons (Fsp3) is 0.160. The molecule has 5 aromatic rings. The van der Waals surface area contributed by atoms with E-state index in [0.29, 0.717) is 5.82 Å². The number of hydrogen-bond acceptors (Lipinski definition) is 6. The Hall–Kier alpha value is -3.55. The van der Waals surface area contributed by atoms with Gasteiger partial charge in [0.1, 0.15) is 11.3 Å². The number of rotatable bonds is 4. The number of benzene rings is 1. The van der Waals surface area contributed by atoms with Crippen LogP contribution in [0.4, 0.5) is 5.82 Å². The second-order valence-electron chi connectivity index (χ2n) is 8.31. The van der Waals surface area contributed by atoms with Crippen LogP contribution in [-0.4, -0.2) is 19.5 Å². The Morgan fingerprint density at radius 2 is 1.81 bits per heavy atom. The molecule has 7 heteroatoms. The van der Waals surface area contributed by atoms with Gasteiger partial charge in [0.25, 0.3) is 0 Å². The second kappa shape index (κ2) is 7.25. The van der Waals surface area contributed by atoms with Crippen molar-refractivity contribution in [2.45, 2.75) is 24.8 Å². The average molecular weight is 439 g/mol. The van der Waals surface area contributed by atoms with Crippen molar-refractivity contribution in [1.29, 1.82) is 0 Å². The van der Waals surface area contributed by atoms with Crippen LogP contribution in [0.1, 0.15) is 24.8 Å². The molecule has 158 valence electrons. The first-order valence-electron chi connectivity index (χ1n) is 10.7. The molecule has 0 unspecified atom stereocenters. The number of fused-ring (bicyclic) bond motifs is 1. The zero-order valence-corrected chi connectivity index (χ0v) is 18.2. The van der Waals surface area contributed by atoms with E-state index in [1.165, 1.54) is 12.0 Å². The summed E-state index contributed by atoms with van der Waals surface area (Å²) in [7, 11) is 0. The molecule has 1 aliphatic rings. The van der Waals surface area contributed by atoms with E-state index in [1.54, 1.807) is 17.5 Å². The van der Waals surface area contributed by atoms with Crippen LogP contribution in [0.2, 0.25) is 0 Å². The Morgan fingerprint density at radius 1 is 0.969 bits per heavy atom. The third-order valence-electron chi connectivity index (χ3n) is 6.35. The fourth-order valence-electron chi connectivity index (χ4n) is 4.35. The van der Waals surface area contributed by atoms with Gasteiger partial charge in [0.15, 0.2) is 11.5 Å². The normalized spacial score (nSPS) is 15.0. The highest BCUT2D eigenvalue weighted by molar-refractivity contribution is 7.08. The van der Waals surface area contributed by atoms with Gasteiger partial charge in [0.2, 0.25) is 0 Å². The van der Waals surface area contributed by atoms with Gasteiger partial charge >= 0.3 is 0 Å². The Labute approximate surface area is 189 Å². The maximum Gasteiger partial charge on any atom is 0.165 e. The quantitative estimate of drug-likeness (QED) is 0.405. The van der Waals surface area contributed by atoms with E-state index in [1.807, 2.05) is 24.3 Å². The molecule has 0 spiro atoms. The molecule has 0 bridgehead atoms. The molecule has 1 fully saturated rings. The zero-order valence-electron chi connectivity index (χ0n) is 17.4. The van der Waals surface area contributed by atoms with Gasteiger partial charge in [0.05, 0.1) is 11.3 Å². The van der Waals surface area contributed by atoms with Crippen LogP contribution in [-0.2, 0) is 5.54 Å². The predicted molar refractivity (Wildman–Crippen MR) is 130 cm³/mol. The maximum absolute atomic E-state index is 6.54. The molecule has 6 nitrogen and oxygen atoms in total. The predicted octanol–water partition coefficient (Wildman–Crippen LogP) is 5.13. The first-order valence-corrected chi connectivity index (χ1v) is 11.6. The minimum atomic E-state index is -0.198. The Morgan fingerprint density at radius 3 is 2.50 bits per heavy atom. The zero-order chi connectivity index (χ0) is 21.7. The van der Waals surface area contributed by atoms with Gasteiger partial charge < -0.3 is 11.5 Å². The molecule has 4 N–H and O–H groups in total. The molecule has 0 amide bonds. The third-order valence-corrected chi connectivity index (χ3v) is 7.03. The summed E-state index contributed by atoms with van der Waals surface area (Å²) in [6.45, 7) is 0. The molecule has 0 saturated heterocycles. The van der Waals surface area contributed by atoms with Gasteiger partial charge in [-0.2, -0.15) is 11.3 Å². The first kappa shape index (κ1) is 19.2. The molecular formula is C25H22N6S. The molecule has 6 rings (SSSR count). The maximum atomic E-state index is 6.54. The molecular weight excluding hydrogens is 416 g/mol. The van der Waals surface area contributed by atoms with Crippen molar-refractivity contribution in [3.8, 4) is 28.3 Å². The number of aromatic nitrogens is 4. The van der Waals surface area contributed by atoms with Crippen molar-refractivity contribution < 1.29 is 0 Å². The van der Waals surface area contributed by atoms with Gasteiger partial charge in [-0.05, 0) is 72.7 Å². The van der Waals surface area contributed by atoms with Crippen LogP contribution in [0.5, 0.6) is 0 Å². The van der Waals surface area contributed by atoms with Gasteiger partial charge in [-0.3, -0.25) is 4.57 Å². The van der Waals surface area contributed by atoms with Crippen LogP contribution in [0.25, 0.3) is 39.5 Å². The lowest BCUT2D eigenvalue weighted by Gasteiger charge is -2.38. The minimum Gasteiger partial charge on any atom is -0.383 e. The van der Waals surface area contributed by atoms with E-state index < -0.39 is 0 Å². The fourth-order valence-corrected chi connectivity index (χ4v) is 5.00. The van der Waals surface area contributed by atoms with Gasteiger partial charge in [-0.15, -0.1) is 0 Å². The number of hydrogen-bond donors (Lipinski definition) is 2. The summed E-state index contributed by atoms with van der Waals surface area (Å²) in [4.78, 5) is 14.2. The summed E-state index contributed by atoms with van der Waals surface area (Å²) in [5.41, 5.74) is 19.1. The monoisotopic (exact) mass is 438 g/mol. The number of anilines is 1. The lowest BCUT2D eigenvalue weighted by atomic mass is 9.73. The minimum absolute atomic E-state index is 0.198. The molecule has 0 atom stereocenters. The van der Waals surface area contributed by atoms with Gasteiger partial charge in [-0.25, -0.2) is 15.0 Å². The summed E-state index contributed by atoms with van der Waals surface area (Å²) in [5.74, 6) is 1.16. The molecule has 4 heterocycles. The number of pyridine rings is 2. The van der Waals surface area contributed by atoms with Crippen LogP contribution in [0.15, 0.2) is 71.6 Å². The molecule has 0 aliphatic heterocycles. The molecule has 0 radical (unpaired) electrons. The topological polar surface area (TPSA) is 95.6 Å². The number of thiophene rings is 1. The number of imidazole rings is 1. The van der Waals surface area contributed by atoms with Crippen LogP contribution < -0.4 is 11.5 Å². The van der Waals surface area contributed by atoms with Crippen molar-refractivity contribution in [2.75, 3.05) is 5.73 Å². The van der Waals surface area contributed by atoms with Crippen molar-refractivity contribution >= 4 is 28.3 Å².